The topological polar surface area (TPSA) is 38.9 Å². The molecule has 0 saturated carbocycles. The summed E-state index contributed by atoms with van der Waals surface area (Å²) in [6.45, 7) is 1.51. The molecule has 0 amide bonds. The van der Waals surface area contributed by atoms with Crippen LogP contribution in [0.2, 0.25) is 0 Å². The molecule has 2 aromatic rings. The molecule has 1 aromatic heterocycles. The molecule has 1 heterocycles. The van der Waals surface area contributed by atoms with Gasteiger partial charge in [0.05, 0.1) is 5.69 Å². The van der Waals surface area contributed by atoms with E-state index >= 15 is 0 Å². The Labute approximate surface area is 89.4 Å². The van der Waals surface area contributed by atoms with Crippen LogP contribution >= 0.6 is 11.3 Å². The summed E-state index contributed by atoms with van der Waals surface area (Å²) in [4.78, 5) is 3.90. The molecule has 2 nitrogen and oxygen atoms in total. The van der Waals surface area contributed by atoms with Gasteiger partial charge in [-0.05, 0) is 24.6 Å². The summed E-state index contributed by atoms with van der Waals surface area (Å²) in [6, 6.07) is 2.29. The van der Waals surface area contributed by atoms with Crippen LogP contribution in [0.4, 0.5) is 13.9 Å². The molecule has 0 spiro atoms. The van der Waals surface area contributed by atoms with Crippen molar-refractivity contribution in [2.24, 2.45) is 0 Å². The van der Waals surface area contributed by atoms with Gasteiger partial charge in [0.1, 0.15) is 11.6 Å². The highest BCUT2D eigenvalue weighted by Gasteiger charge is 2.11. The summed E-state index contributed by atoms with van der Waals surface area (Å²) < 4.78 is 26.7. The fourth-order valence-electron chi connectivity index (χ4n) is 1.25. The van der Waals surface area contributed by atoms with Crippen LogP contribution in [0.3, 0.4) is 0 Å². The Bertz CT molecular complexity index is 508. The predicted octanol–water partition coefficient (Wildman–Crippen LogP) is 2.98. The van der Waals surface area contributed by atoms with E-state index in [1.165, 1.54) is 18.3 Å². The van der Waals surface area contributed by atoms with E-state index in [2.05, 4.69) is 4.98 Å². The second-order valence-corrected chi connectivity index (χ2v) is 4.04. The maximum atomic E-state index is 13.5. The van der Waals surface area contributed by atoms with Gasteiger partial charge in [0.25, 0.3) is 0 Å². The van der Waals surface area contributed by atoms with Crippen molar-refractivity contribution in [3.63, 3.8) is 0 Å². The van der Waals surface area contributed by atoms with Gasteiger partial charge in [-0.2, -0.15) is 0 Å². The zero-order valence-corrected chi connectivity index (χ0v) is 8.74. The fourth-order valence-corrected chi connectivity index (χ4v) is 1.82. The van der Waals surface area contributed by atoms with Gasteiger partial charge in [-0.1, -0.05) is 0 Å². The van der Waals surface area contributed by atoms with E-state index in [4.69, 9.17) is 5.73 Å². The summed E-state index contributed by atoms with van der Waals surface area (Å²) in [7, 11) is 0. The second kappa shape index (κ2) is 3.58. The zero-order valence-electron chi connectivity index (χ0n) is 7.92. The third kappa shape index (κ3) is 1.83. The summed E-state index contributed by atoms with van der Waals surface area (Å²) in [5.74, 6) is -0.933. The molecular formula is C10H8F2N2S. The Morgan fingerprint density at radius 1 is 1.27 bits per heavy atom. The molecule has 1 aromatic carbocycles. The lowest BCUT2D eigenvalue weighted by Crippen LogP contribution is -1.91. The van der Waals surface area contributed by atoms with Crippen LogP contribution in [-0.4, -0.2) is 4.98 Å². The smallest absolute Gasteiger partial charge is 0.180 e. The monoisotopic (exact) mass is 226 g/mol. The van der Waals surface area contributed by atoms with Crippen molar-refractivity contribution in [2.45, 2.75) is 6.92 Å². The van der Waals surface area contributed by atoms with Gasteiger partial charge in [0, 0.05) is 10.9 Å². The highest BCUT2D eigenvalue weighted by Crippen LogP contribution is 2.27. The Morgan fingerprint density at radius 2 is 2.00 bits per heavy atom. The van der Waals surface area contributed by atoms with E-state index in [1.54, 1.807) is 5.38 Å². The van der Waals surface area contributed by atoms with Crippen molar-refractivity contribution in [2.75, 3.05) is 5.73 Å². The Morgan fingerprint density at radius 3 is 2.60 bits per heavy atom. The number of aryl methyl sites for hydroxylation is 1. The Hall–Kier alpha value is -1.49. The molecule has 0 unspecified atom stereocenters. The molecule has 0 fully saturated rings. The third-order valence-corrected chi connectivity index (χ3v) is 2.72. The number of nitrogens with two attached hydrogens (primary N) is 1. The van der Waals surface area contributed by atoms with Gasteiger partial charge in [-0.3, -0.25) is 0 Å². The normalized spacial score (nSPS) is 10.6. The van der Waals surface area contributed by atoms with Gasteiger partial charge in [-0.15, -0.1) is 11.3 Å². The number of anilines is 1. The van der Waals surface area contributed by atoms with Crippen LogP contribution in [0.1, 0.15) is 5.56 Å². The van der Waals surface area contributed by atoms with Crippen LogP contribution in [-0.2, 0) is 0 Å². The molecule has 5 heteroatoms. The van der Waals surface area contributed by atoms with E-state index in [1.807, 2.05) is 0 Å². The molecule has 0 atom stereocenters. The number of benzene rings is 1. The van der Waals surface area contributed by atoms with Gasteiger partial charge in [0.15, 0.2) is 5.13 Å². The molecule has 0 radical (unpaired) electrons. The molecule has 0 aliphatic heterocycles. The van der Waals surface area contributed by atoms with Crippen molar-refractivity contribution < 1.29 is 8.78 Å². The van der Waals surface area contributed by atoms with Crippen LogP contribution < -0.4 is 5.73 Å². The number of thiazole rings is 1. The van der Waals surface area contributed by atoms with Crippen molar-refractivity contribution in [3.05, 3.63) is 34.7 Å². The number of nitrogens with zero attached hydrogens (tertiary/aromatic N) is 1. The Balaban J connectivity index is 2.58. The van der Waals surface area contributed by atoms with E-state index in [0.717, 1.165) is 12.1 Å². The average Bonchev–Trinajstić information content (AvgIpc) is 2.58. The SMILES string of the molecule is Cc1cc(F)c(-c2csc(N)n2)cc1F. The maximum Gasteiger partial charge on any atom is 0.180 e. The van der Waals surface area contributed by atoms with Gasteiger partial charge >= 0.3 is 0 Å². The van der Waals surface area contributed by atoms with E-state index in [0.29, 0.717) is 10.8 Å². The quantitative estimate of drug-likeness (QED) is 0.811. The first-order valence-corrected chi connectivity index (χ1v) is 5.13. The van der Waals surface area contributed by atoms with Crippen molar-refractivity contribution in [3.8, 4) is 11.3 Å². The lowest BCUT2D eigenvalue weighted by molar-refractivity contribution is 0.595. The highest BCUT2D eigenvalue weighted by atomic mass is 32.1. The summed E-state index contributed by atoms with van der Waals surface area (Å²) >= 11 is 1.20. The van der Waals surface area contributed by atoms with Crippen LogP contribution in [0.15, 0.2) is 17.5 Å². The first-order chi connectivity index (χ1) is 7.08. The molecule has 0 aliphatic rings. The number of hydrogen-bond acceptors (Lipinski definition) is 3. The first kappa shape index (κ1) is 10.0. The summed E-state index contributed by atoms with van der Waals surface area (Å²) in [6.07, 6.45) is 0. The van der Waals surface area contributed by atoms with Crippen LogP contribution in [0.5, 0.6) is 0 Å². The van der Waals surface area contributed by atoms with Crippen molar-refractivity contribution >= 4 is 16.5 Å². The largest absolute Gasteiger partial charge is 0.375 e. The van der Waals surface area contributed by atoms with E-state index in [9.17, 15) is 8.78 Å². The number of halogens is 2. The standard InChI is InChI=1S/C10H8F2N2S/c1-5-2-8(12)6(3-7(5)11)9-4-15-10(13)14-9/h2-4H,1H3,(H2,13,14). The molecule has 78 valence electrons. The lowest BCUT2D eigenvalue weighted by atomic mass is 10.1. The minimum absolute atomic E-state index is 0.144. The number of rotatable bonds is 1. The molecular weight excluding hydrogens is 218 g/mol. The third-order valence-electron chi connectivity index (χ3n) is 2.05. The predicted molar refractivity (Wildman–Crippen MR) is 56.6 cm³/mol. The average molecular weight is 226 g/mol. The molecule has 2 rings (SSSR count). The van der Waals surface area contributed by atoms with E-state index in [-0.39, 0.29) is 11.1 Å². The second-order valence-electron chi connectivity index (χ2n) is 3.15. The summed E-state index contributed by atoms with van der Waals surface area (Å²) in [5.41, 5.74) is 6.22. The molecule has 0 saturated heterocycles. The van der Waals surface area contributed by atoms with Crippen molar-refractivity contribution in [1.29, 1.82) is 0 Å². The van der Waals surface area contributed by atoms with Gasteiger partial charge in [0.2, 0.25) is 0 Å². The van der Waals surface area contributed by atoms with Crippen LogP contribution in [0, 0.1) is 18.6 Å². The lowest BCUT2D eigenvalue weighted by Gasteiger charge is -2.02. The molecule has 0 aliphatic carbocycles. The van der Waals surface area contributed by atoms with Gasteiger partial charge in [-0.25, -0.2) is 13.8 Å². The minimum atomic E-state index is -0.487. The zero-order chi connectivity index (χ0) is 11.0. The number of nitrogen functional groups attached to an aromatic ring is 1. The van der Waals surface area contributed by atoms with E-state index < -0.39 is 11.6 Å². The van der Waals surface area contributed by atoms with Crippen molar-refractivity contribution in [1.82, 2.24) is 4.98 Å². The minimum Gasteiger partial charge on any atom is -0.375 e. The first-order valence-electron chi connectivity index (χ1n) is 4.25. The van der Waals surface area contributed by atoms with Gasteiger partial charge < -0.3 is 5.73 Å². The number of aromatic nitrogens is 1. The molecule has 15 heavy (non-hydrogen) atoms. The molecule has 0 bridgehead atoms. The number of hydrogen-bond donors (Lipinski definition) is 1. The maximum absolute atomic E-state index is 13.5. The Kier molecular flexibility index (Phi) is 2.40. The fraction of sp³-hybridized carbons (Fsp3) is 0.100. The highest BCUT2D eigenvalue weighted by molar-refractivity contribution is 7.13. The molecule has 2 N–H and O–H groups in total. The van der Waals surface area contributed by atoms with Crippen LogP contribution in [0.25, 0.3) is 11.3 Å². The summed E-state index contributed by atoms with van der Waals surface area (Å²) in [5, 5.41) is 1.94.